The Hall–Kier alpha value is -0.0900. The molecule has 0 aliphatic heterocycles. The molecule has 0 saturated heterocycles. The molecule has 0 bridgehead atoms. The second kappa shape index (κ2) is 5.91. The van der Waals surface area contributed by atoms with E-state index in [9.17, 15) is 0 Å². The van der Waals surface area contributed by atoms with E-state index >= 15 is 0 Å². The van der Waals surface area contributed by atoms with Crippen LogP contribution in [0.1, 0.15) is 6.42 Å². The minimum Gasteiger partial charge on any atom is -0.149 e. The standard InChI is InChI=1S/C6H9S/c1-3-5-7-6-4-2/h1H,2,4-6H2. The average molecular weight is 113 g/mol. The van der Waals surface area contributed by atoms with Gasteiger partial charge in [0.05, 0.1) is 5.75 Å². The molecule has 0 N–H and O–H groups in total. The van der Waals surface area contributed by atoms with Crippen molar-refractivity contribution in [1.29, 1.82) is 0 Å². The van der Waals surface area contributed by atoms with Crippen LogP contribution in [-0.2, 0) is 0 Å². The first-order valence-corrected chi connectivity index (χ1v) is 3.37. The molecule has 0 atom stereocenters. The van der Waals surface area contributed by atoms with Crippen molar-refractivity contribution in [3.8, 4) is 12.3 Å². The van der Waals surface area contributed by atoms with Gasteiger partial charge in [0.15, 0.2) is 0 Å². The minimum atomic E-state index is 0.829. The Morgan fingerprint density at radius 3 is 2.86 bits per heavy atom. The highest BCUT2D eigenvalue weighted by Gasteiger charge is 1.77. The van der Waals surface area contributed by atoms with Crippen LogP contribution < -0.4 is 0 Å². The monoisotopic (exact) mass is 113 g/mol. The fourth-order valence-corrected chi connectivity index (χ4v) is 0.699. The van der Waals surface area contributed by atoms with E-state index in [1.54, 1.807) is 11.8 Å². The highest BCUT2D eigenvalue weighted by Crippen LogP contribution is 1.98. The van der Waals surface area contributed by atoms with Crippen LogP contribution in [0.4, 0.5) is 0 Å². The second-order valence-corrected chi connectivity index (χ2v) is 2.22. The number of thioether (sulfide) groups is 1. The molecule has 0 rings (SSSR count). The maximum Gasteiger partial charge on any atom is 0.0544 e. The van der Waals surface area contributed by atoms with Gasteiger partial charge in [-0.3, -0.25) is 0 Å². The Morgan fingerprint density at radius 1 is 1.71 bits per heavy atom. The Balaban J connectivity index is 2.60. The summed E-state index contributed by atoms with van der Waals surface area (Å²) in [5, 5.41) is 0. The SMILES string of the molecule is C#CCSCC[CH2]. The van der Waals surface area contributed by atoms with Crippen LogP contribution in [0.25, 0.3) is 0 Å². The molecular formula is C6H9S. The van der Waals surface area contributed by atoms with E-state index in [0.29, 0.717) is 0 Å². The third kappa shape index (κ3) is 5.91. The summed E-state index contributed by atoms with van der Waals surface area (Å²) in [6, 6.07) is 0. The van der Waals surface area contributed by atoms with E-state index in [-0.39, 0.29) is 0 Å². The molecule has 7 heavy (non-hydrogen) atoms. The molecule has 0 aliphatic carbocycles. The van der Waals surface area contributed by atoms with Gasteiger partial charge in [0, 0.05) is 0 Å². The summed E-state index contributed by atoms with van der Waals surface area (Å²) < 4.78 is 0. The highest BCUT2D eigenvalue weighted by molar-refractivity contribution is 7.99. The Kier molecular flexibility index (Phi) is 5.83. The van der Waals surface area contributed by atoms with Crippen LogP contribution in [0.5, 0.6) is 0 Å². The van der Waals surface area contributed by atoms with Gasteiger partial charge in [0.25, 0.3) is 0 Å². The summed E-state index contributed by atoms with van der Waals surface area (Å²) in [5.74, 6) is 4.45. The largest absolute Gasteiger partial charge is 0.149 e. The third-order valence-corrected chi connectivity index (χ3v) is 1.42. The molecule has 0 heterocycles. The molecule has 1 radical (unpaired) electrons. The van der Waals surface area contributed by atoms with Crippen LogP contribution in [0.15, 0.2) is 0 Å². The van der Waals surface area contributed by atoms with Crippen molar-refractivity contribution in [2.24, 2.45) is 0 Å². The number of hydrogen-bond acceptors (Lipinski definition) is 1. The van der Waals surface area contributed by atoms with Gasteiger partial charge in [-0.15, -0.1) is 18.2 Å². The van der Waals surface area contributed by atoms with Crippen molar-refractivity contribution in [3.63, 3.8) is 0 Å². The van der Waals surface area contributed by atoms with E-state index in [2.05, 4.69) is 12.8 Å². The topological polar surface area (TPSA) is 0 Å². The van der Waals surface area contributed by atoms with Crippen LogP contribution in [-0.4, -0.2) is 11.5 Å². The van der Waals surface area contributed by atoms with E-state index in [4.69, 9.17) is 6.42 Å². The van der Waals surface area contributed by atoms with Gasteiger partial charge in [0.1, 0.15) is 0 Å². The van der Waals surface area contributed by atoms with Gasteiger partial charge < -0.3 is 0 Å². The molecule has 0 amide bonds. The maximum absolute atomic E-state index is 4.98. The van der Waals surface area contributed by atoms with E-state index < -0.39 is 0 Å². The third-order valence-electron chi connectivity index (χ3n) is 0.474. The molecule has 0 unspecified atom stereocenters. The molecule has 1 heteroatoms. The molecule has 0 aliphatic rings. The average Bonchev–Trinajstić information content (AvgIpc) is 1.69. The number of hydrogen-bond donors (Lipinski definition) is 0. The highest BCUT2D eigenvalue weighted by atomic mass is 32.2. The van der Waals surface area contributed by atoms with Crippen molar-refractivity contribution in [1.82, 2.24) is 0 Å². The van der Waals surface area contributed by atoms with E-state index in [1.807, 2.05) is 0 Å². The Morgan fingerprint density at radius 2 is 2.43 bits per heavy atom. The first kappa shape index (κ1) is 6.91. The Bertz CT molecular complexity index is 61.1. The lowest BCUT2D eigenvalue weighted by Crippen LogP contribution is -1.74. The van der Waals surface area contributed by atoms with Crippen molar-refractivity contribution in [2.45, 2.75) is 6.42 Å². The van der Waals surface area contributed by atoms with Gasteiger partial charge in [-0.2, -0.15) is 0 Å². The summed E-state index contributed by atoms with van der Waals surface area (Å²) in [7, 11) is 0. The van der Waals surface area contributed by atoms with Gasteiger partial charge in [-0.25, -0.2) is 0 Å². The van der Waals surface area contributed by atoms with Gasteiger partial charge >= 0.3 is 0 Å². The van der Waals surface area contributed by atoms with Crippen LogP contribution >= 0.6 is 11.8 Å². The van der Waals surface area contributed by atoms with Gasteiger partial charge in [-0.05, 0) is 12.2 Å². The molecule has 0 aromatic heterocycles. The number of rotatable bonds is 3. The quantitative estimate of drug-likeness (QED) is 0.395. The Labute approximate surface area is 49.7 Å². The minimum absolute atomic E-state index is 0.829. The zero-order valence-corrected chi connectivity index (χ0v) is 5.13. The predicted molar refractivity (Wildman–Crippen MR) is 36.1 cm³/mol. The second-order valence-electron chi connectivity index (χ2n) is 1.11. The fourth-order valence-electron chi connectivity index (χ4n) is 0.233. The van der Waals surface area contributed by atoms with Crippen molar-refractivity contribution < 1.29 is 0 Å². The zero-order chi connectivity index (χ0) is 5.54. The molecule has 0 aromatic rings. The van der Waals surface area contributed by atoms with E-state index in [1.165, 1.54) is 0 Å². The van der Waals surface area contributed by atoms with Crippen molar-refractivity contribution in [3.05, 3.63) is 6.92 Å². The van der Waals surface area contributed by atoms with Crippen LogP contribution in [0, 0.1) is 19.3 Å². The molecule has 0 fully saturated rings. The lowest BCUT2D eigenvalue weighted by molar-refractivity contribution is 1.25. The predicted octanol–water partition coefficient (Wildman–Crippen LogP) is 1.58. The summed E-state index contributed by atoms with van der Waals surface area (Å²) >= 11 is 1.75. The summed E-state index contributed by atoms with van der Waals surface area (Å²) in [5.41, 5.74) is 0. The summed E-state index contributed by atoms with van der Waals surface area (Å²) in [6.45, 7) is 3.67. The molecular weight excluding hydrogens is 104 g/mol. The first-order valence-electron chi connectivity index (χ1n) is 2.22. The van der Waals surface area contributed by atoms with E-state index in [0.717, 1.165) is 17.9 Å². The lowest BCUT2D eigenvalue weighted by Gasteiger charge is -1.86. The molecule has 0 saturated carbocycles. The molecule has 0 spiro atoms. The summed E-state index contributed by atoms with van der Waals surface area (Å²) in [6.07, 6.45) is 5.96. The number of terminal acetylenes is 1. The lowest BCUT2D eigenvalue weighted by atomic mass is 10.6. The zero-order valence-electron chi connectivity index (χ0n) is 4.31. The molecule has 0 nitrogen and oxygen atoms in total. The molecule has 0 aromatic carbocycles. The van der Waals surface area contributed by atoms with Crippen LogP contribution in [0.2, 0.25) is 0 Å². The first-order chi connectivity index (χ1) is 3.41. The van der Waals surface area contributed by atoms with Gasteiger partial charge in [-0.1, -0.05) is 12.8 Å². The van der Waals surface area contributed by atoms with Crippen molar-refractivity contribution >= 4 is 11.8 Å². The van der Waals surface area contributed by atoms with Gasteiger partial charge in [0.2, 0.25) is 0 Å². The summed E-state index contributed by atoms with van der Waals surface area (Å²) in [4.78, 5) is 0. The van der Waals surface area contributed by atoms with Crippen LogP contribution in [0.3, 0.4) is 0 Å². The normalized spacial score (nSPS) is 8.00. The fraction of sp³-hybridized carbons (Fsp3) is 0.500. The smallest absolute Gasteiger partial charge is 0.0544 e. The van der Waals surface area contributed by atoms with Crippen molar-refractivity contribution in [2.75, 3.05) is 11.5 Å². The maximum atomic E-state index is 4.98. The molecule has 39 valence electrons.